The van der Waals surface area contributed by atoms with E-state index in [1.54, 1.807) is 0 Å². The molecular weight excluding hydrogens is 210 g/mol. The standard InChI is InChI=1S/C15H27NO/c1-11(2)4-3-7-16-15(17)10-14-9-12-5-6-13(14)8-12/h11-14H,3-10H2,1-2H3,(H,16,17). The van der Waals surface area contributed by atoms with Crippen LogP contribution < -0.4 is 5.32 Å². The first-order valence-corrected chi connectivity index (χ1v) is 7.42. The van der Waals surface area contributed by atoms with E-state index in [0.717, 1.165) is 37.1 Å². The van der Waals surface area contributed by atoms with E-state index in [2.05, 4.69) is 19.2 Å². The highest BCUT2D eigenvalue weighted by Gasteiger charge is 2.39. The van der Waals surface area contributed by atoms with Crippen molar-refractivity contribution in [1.82, 2.24) is 5.32 Å². The Morgan fingerprint density at radius 1 is 1.29 bits per heavy atom. The summed E-state index contributed by atoms with van der Waals surface area (Å²) in [5.74, 6) is 3.59. The number of hydrogen-bond acceptors (Lipinski definition) is 1. The average molecular weight is 237 g/mol. The van der Waals surface area contributed by atoms with Gasteiger partial charge in [0.2, 0.25) is 5.91 Å². The van der Waals surface area contributed by atoms with Crippen LogP contribution in [0.4, 0.5) is 0 Å². The van der Waals surface area contributed by atoms with Crippen LogP contribution in [0.1, 0.15) is 58.8 Å². The van der Waals surface area contributed by atoms with Crippen LogP contribution in [0.15, 0.2) is 0 Å². The van der Waals surface area contributed by atoms with Crippen molar-refractivity contribution in [3.63, 3.8) is 0 Å². The molecule has 0 aromatic heterocycles. The summed E-state index contributed by atoms with van der Waals surface area (Å²) in [5.41, 5.74) is 0. The van der Waals surface area contributed by atoms with Crippen LogP contribution in [-0.2, 0) is 4.79 Å². The second-order valence-electron chi connectivity index (χ2n) is 6.53. The third-order valence-corrected chi connectivity index (χ3v) is 4.61. The molecule has 0 radical (unpaired) electrons. The van der Waals surface area contributed by atoms with Crippen molar-refractivity contribution >= 4 is 5.91 Å². The van der Waals surface area contributed by atoms with E-state index in [1.165, 1.54) is 32.1 Å². The summed E-state index contributed by atoms with van der Waals surface area (Å²) in [7, 11) is 0. The summed E-state index contributed by atoms with van der Waals surface area (Å²) in [4.78, 5) is 11.8. The molecule has 0 spiro atoms. The van der Waals surface area contributed by atoms with E-state index in [0.29, 0.717) is 11.8 Å². The zero-order chi connectivity index (χ0) is 12.3. The summed E-state index contributed by atoms with van der Waals surface area (Å²) in [6.07, 6.45) is 8.68. The van der Waals surface area contributed by atoms with Gasteiger partial charge in [0.1, 0.15) is 0 Å². The SMILES string of the molecule is CC(C)CCCNC(=O)CC1CC2CCC1C2. The van der Waals surface area contributed by atoms with Crippen molar-refractivity contribution in [2.45, 2.75) is 58.8 Å². The van der Waals surface area contributed by atoms with Crippen LogP contribution in [0.5, 0.6) is 0 Å². The van der Waals surface area contributed by atoms with E-state index >= 15 is 0 Å². The number of carbonyl (C=O) groups excluding carboxylic acids is 1. The van der Waals surface area contributed by atoms with Gasteiger partial charge in [-0.15, -0.1) is 0 Å². The zero-order valence-corrected chi connectivity index (χ0v) is 11.4. The lowest BCUT2D eigenvalue weighted by Gasteiger charge is -2.20. The molecule has 2 nitrogen and oxygen atoms in total. The largest absolute Gasteiger partial charge is 0.356 e. The van der Waals surface area contributed by atoms with Crippen LogP contribution in [0, 0.1) is 23.7 Å². The van der Waals surface area contributed by atoms with E-state index in [-0.39, 0.29) is 0 Å². The van der Waals surface area contributed by atoms with E-state index in [4.69, 9.17) is 0 Å². The van der Waals surface area contributed by atoms with Crippen molar-refractivity contribution in [3.8, 4) is 0 Å². The second-order valence-corrected chi connectivity index (χ2v) is 6.53. The van der Waals surface area contributed by atoms with E-state index in [9.17, 15) is 4.79 Å². The van der Waals surface area contributed by atoms with Gasteiger partial charge in [-0.25, -0.2) is 0 Å². The zero-order valence-electron chi connectivity index (χ0n) is 11.4. The predicted molar refractivity (Wildman–Crippen MR) is 70.6 cm³/mol. The van der Waals surface area contributed by atoms with Gasteiger partial charge in [0.25, 0.3) is 0 Å². The molecule has 2 rings (SSSR count). The molecule has 17 heavy (non-hydrogen) atoms. The maximum Gasteiger partial charge on any atom is 0.220 e. The quantitative estimate of drug-likeness (QED) is 0.705. The average Bonchev–Trinajstić information content (AvgIpc) is 2.86. The lowest BCUT2D eigenvalue weighted by Crippen LogP contribution is -2.28. The van der Waals surface area contributed by atoms with Crippen LogP contribution >= 0.6 is 0 Å². The Morgan fingerprint density at radius 2 is 2.12 bits per heavy atom. The number of amides is 1. The van der Waals surface area contributed by atoms with Crippen LogP contribution in [0.2, 0.25) is 0 Å². The number of carbonyl (C=O) groups is 1. The minimum atomic E-state index is 0.298. The first kappa shape index (κ1) is 12.9. The summed E-state index contributed by atoms with van der Waals surface area (Å²) >= 11 is 0. The fraction of sp³-hybridized carbons (Fsp3) is 0.933. The van der Waals surface area contributed by atoms with Gasteiger partial charge in [0.15, 0.2) is 0 Å². The van der Waals surface area contributed by atoms with Crippen LogP contribution in [-0.4, -0.2) is 12.5 Å². The van der Waals surface area contributed by atoms with Crippen molar-refractivity contribution in [3.05, 3.63) is 0 Å². The van der Waals surface area contributed by atoms with Gasteiger partial charge in [-0.3, -0.25) is 4.79 Å². The molecule has 2 aliphatic carbocycles. The monoisotopic (exact) mass is 237 g/mol. The first-order chi connectivity index (χ1) is 8.15. The number of hydrogen-bond donors (Lipinski definition) is 1. The lowest BCUT2D eigenvalue weighted by molar-refractivity contribution is -0.122. The Hall–Kier alpha value is -0.530. The van der Waals surface area contributed by atoms with E-state index in [1.807, 2.05) is 0 Å². The molecule has 1 N–H and O–H groups in total. The molecule has 3 atom stereocenters. The van der Waals surface area contributed by atoms with Crippen molar-refractivity contribution in [1.29, 1.82) is 0 Å². The number of fused-ring (bicyclic) bond motifs is 2. The van der Waals surface area contributed by atoms with Crippen LogP contribution in [0.3, 0.4) is 0 Å². The van der Waals surface area contributed by atoms with Gasteiger partial charge < -0.3 is 5.32 Å². The Kier molecular flexibility index (Phi) is 4.47. The summed E-state index contributed by atoms with van der Waals surface area (Å²) in [6, 6.07) is 0. The minimum absolute atomic E-state index is 0.298. The molecule has 1 amide bonds. The molecular formula is C15H27NO. The Bertz CT molecular complexity index is 262. The molecule has 0 heterocycles. The van der Waals surface area contributed by atoms with Crippen molar-refractivity contribution < 1.29 is 4.79 Å². The highest BCUT2D eigenvalue weighted by atomic mass is 16.1. The second kappa shape index (κ2) is 5.88. The molecule has 98 valence electrons. The van der Waals surface area contributed by atoms with E-state index < -0.39 is 0 Å². The van der Waals surface area contributed by atoms with Crippen molar-refractivity contribution in [2.24, 2.45) is 23.7 Å². The molecule has 3 unspecified atom stereocenters. The maximum atomic E-state index is 11.8. The summed E-state index contributed by atoms with van der Waals surface area (Å²) in [5, 5.41) is 3.09. The summed E-state index contributed by atoms with van der Waals surface area (Å²) < 4.78 is 0. The third-order valence-electron chi connectivity index (χ3n) is 4.61. The Balaban J connectivity index is 1.58. The maximum absolute atomic E-state index is 11.8. The van der Waals surface area contributed by atoms with Gasteiger partial charge in [-0.05, 0) is 55.8 Å². The Morgan fingerprint density at radius 3 is 2.71 bits per heavy atom. The molecule has 2 saturated carbocycles. The predicted octanol–water partition coefficient (Wildman–Crippen LogP) is 3.37. The third kappa shape index (κ3) is 3.72. The fourth-order valence-corrected chi connectivity index (χ4v) is 3.67. The van der Waals surface area contributed by atoms with Crippen LogP contribution in [0.25, 0.3) is 0 Å². The highest BCUT2D eigenvalue weighted by Crippen LogP contribution is 2.49. The number of nitrogens with one attached hydrogen (secondary N) is 1. The normalized spacial score (nSPS) is 31.1. The van der Waals surface area contributed by atoms with Gasteiger partial charge in [0.05, 0.1) is 0 Å². The highest BCUT2D eigenvalue weighted by molar-refractivity contribution is 5.76. The molecule has 2 heteroatoms. The first-order valence-electron chi connectivity index (χ1n) is 7.42. The van der Waals surface area contributed by atoms with Gasteiger partial charge in [-0.2, -0.15) is 0 Å². The van der Waals surface area contributed by atoms with Gasteiger partial charge in [-0.1, -0.05) is 20.3 Å². The summed E-state index contributed by atoms with van der Waals surface area (Å²) in [6.45, 7) is 5.34. The molecule has 0 aromatic rings. The molecule has 2 bridgehead atoms. The van der Waals surface area contributed by atoms with Gasteiger partial charge >= 0.3 is 0 Å². The Labute approximate surface area is 106 Å². The minimum Gasteiger partial charge on any atom is -0.356 e. The topological polar surface area (TPSA) is 29.1 Å². The molecule has 0 saturated heterocycles. The van der Waals surface area contributed by atoms with Crippen molar-refractivity contribution in [2.75, 3.05) is 6.54 Å². The molecule has 0 aromatic carbocycles. The number of rotatable bonds is 6. The fourth-order valence-electron chi connectivity index (χ4n) is 3.67. The molecule has 2 aliphatic rings. The molecule has 0 aliphatic heterocycles. The molecule has 2 fully saturated rings. The lowest BCUT2D eigenvalue weighted by atomic mass is 9.86. The smallest absolute Gasteiger partial charge is 0.220 e. The van der Waals surface area contributed by atoms with Gasteiger partial charge in [0, 0.05) is 13.0 Å².